The summed E-state index contributed by atoms with van der Waals surface area (Å²) in [7, 11) is 0. The van der Waals surface area contributed by atoms with E-state index >= 15 is 0 Å². The van der Waals surface area contributed by atoms with Gasteiger partial charge < -0.3 is 16.0 Å². The molecule has 18 heavy (non-hydrogen) atoms. The second-order valence-electron chi connectivity index (χ2n) is 6.26. The monoisotopic (exact) mass is 313 g/mol. The number of carbonyl (C=O) groups is 1. The second-order valence-corrected chi connectivity index (χ2v) is 7.17. The predicted molar refractivity (Wildman–Crippen MR) is 75.3 cm³/mol. The first-order valence-electron chi connectivity index (χ1n) is 6.07. The fourth-order valence-electron chi connectivity index (χ4n) is 3.26. The van der Waals surface area contributed by atoms with Gasteiger partial charge in [0, 0.05) is 33.6 Å². The van der Waals surface area contributed by atoms with Crippen LogP contribution in [-0.2, 0) is 0 Å². The third-order valence-electron chi connectivity index (χ3n) is 4.26. The molecule has 0 radical (unpaired) electrons. The summed E-state index contributed by atoms with van der Waals surface area (Å²) in [5.41, 5.74) is 6.58. The average Bonchev–Trinajstić information content (AvgIpc) is 2.71. The molecule has 0 atom stereocenters. The van der Waals surface area contributed by atoms with E-state index < -0.39 is 0 Å². The number of amides is 1. The van der Waals surface area contributed by atoms with Crippen molar-refractivity contribution < 1.29 is 4.79 Å². The quantitative estimate of drug-likeness (QED) is 0.783. The van der Waals surface area contributed by atoms with Crippen molar-refractivity contribution in [3.05, 3.63) is 22.4 Å². The van der Waals surface area contributed by atoms with Crippen LogP contribution in [0.15, 0.2) is 16.7 Å². The van der Waals surface area contributed by atoms with Gasteiger partial charge >= 0.3 is 0 Å². The van der Waals surface area contributed by atoms with Gasteiger partial charge in [-0.05, 0) is 22.0 Å². The molecule has 0 saturated heterocycles. The molecule has 1 aliphatic rings. The van der Waals surface area contributed by atoms with E-state index in [1.54, 1.807) is 12.3 Å². The van der Waals surface area contributed by atoms with Crippen molar-refractivity contribution in [2.24, 2.45) is 16.6 Å². The van der Waals surface area contributed by atoms with Crippen molar-refractivity contribution in [1.29, 1.82) is 0 Å². The summed E-state index contributed by atoms with van der Waals surface area (Å²) in [5, 5.41) is 3.09. The Hall–Kier alpha value is -0.810. The van der Waals surface area contributed by atoms with Gasteiger partial charge in [0.05, 0.1) is 0 Å². The summed E-state index contributed by atoms with van der Waals surface area (Å²) in [6, 6.07) is 1.94. The van der Waals surface area contributed by atoms with Crippen molar-refractivity contribution in [2.75, 3.05) is 0 Å². The summed E-state index contributed by atoms with van der Waals surface area (Å²) in [6.45, 7) is 8.38. The summed E-state index contributed by atoms with van der Waals surface area (Å²) >= 11 is 3.32. The number of hydrogen-bond acceptors (Lipinski definition) is 2. The van der Waals surface area contributed by atoms with Gasteiger partial charge in [0.25, 0.3) is 5.91 Å². The van der Waals surface area contributed by atoms with E-state index in [2.05, 4.69) is 53.9 Å². The average molecular weight is 314 g/mol. The minimum atomic E-state index is -0.0845. The maximum absolute atomic E-state index is 12.1. The van der Waals surface area contributed by atoms with Crippen molar-refractivity contribution in [3.63, 3.8) is 0 Å². The molecule has 2 rings (SSSR count). The number of hydrogen-bond donors (Lipinski definition) is 3. The van der Waals surface area contributed by atoms with Crippen molar-refractivity contribution >= 4 is 21.8 Å². The third-order valence-corrected chi connectivity index (χ3v) is 4.72. The zero-order valence-electron chi connectivity index (χ0n) is 11.2. The normalized spacial score (nSPS) is 28.6. The van der Waals surface area contributed by atoms with Crippen LogP contribution in [0, 0.1) is 10.8 Å². The zero-order chi connectivity index (χ0) is 13.7. The fourth-order valence-corrected chi connectivity index (χ4v) is 3.60. The van der Waals surface area contributed by atoms with Gasteiger partial charge in [-0.25, -0.2) is 0 Å². The predicted octanol–water partition coefficient (Wildman–Crippen LogP) is 2.27. The standard InChI is InChI=1S/C13H20BrN3O/c1-12(2)10(15)13(3,4)11(12)17-9(18)8-5-7(14)6-16-8/h5-6,10-11,16H,15H2,1-4H3,(H,17,18). The molecular formula is C13H20BrN3O. The van der Waals surface area contributed by atoms with Gasteiger partial charge in [-0.3, -0.25) is 4.79 Å². The lowest BCUT2D eigenvalue weighted by Crippen LogP contribution is -2.76. The van der Waals surface area contributed by atoms with Crippen LogP contribution in [0.1, 0.15) is 38.2 Å². The first-order chi connectivity index (χ1) is 8.17. The fraction of sp³-hybridized carbons (Fsp3) is 0.615. The van der Waals surface area contributed by atoms with Crippen molar-refractivity contribution in [1.82, 2.24) is 10.3 Å². The summed E-state index contributed by atoms with van der Waals surface area (Å²) in [5.74, 6) is -0.0845. The molecule has 0 unspecified atom stereocenters. The van der Waals surface area contributed by atoms with E-state index in [0.717, 1.165) is 4.47 Å². The molecular weight excluding hydrogens is 294 g/mol. The maximum Gasteiger partial charge on any atom is 0.267 e. The smallest absolute Gasteiger partial charge is 0.267 e. The topological polar surface area (TPSA) is 70.9 Å². The highest BCUT2D eigenvalue weighted by atomic mass is 79.9. The molecule has 1 heterocycles. The van der Waals surface area contributed by atoms with Crippen LogP contribution in [0.2, 0.25) is 0 Å². The van der Waals surface area contributed by atoms with Gasteiger partial charge in [-0.2, -0.15) is 0 Å². The van der Waals surface area contributed by atoms with E-state index in [1.165, 1.54) is 0 Å². The largest absolute Gasteiger partial charge is 0.356 e. The Morgan fingerprint density at radius 1 is 1.39 bits per heavy atom. The van der Waals surface area contributed by atoms with Gasteiger partial charge in [-0.1, -0.05) is 27.7 Å². The van der Waals surface area contributed by atoms with Crippen LogP contribution in [0.25, 0.3) is 0 Å². The lowest BCUT2D eigenvalue weighted by Gasteiger charge is -2.62. The number of H-pyrrole nitrogens is 1. The van der Waals surface area contributed by atoms with Crippen LogP contribution in [-0.4, -0.2) is 23.0 Å². The molecule has 0 spiro atoms. The first kappa shape index (κ1) is 13.6. The van der Waals surface area contributed by atoms with Crippen molar-refractivity contribution in [2.45, 2.75) is 39.8 Å². The lowest BCUT2D eigenvalue weighted by molar-refractivity contribution is -0.0664. The molecule has 4 nitrogen and oxygen atoms in total. The minimum absolute atomic E-state index is 0.0783. The molecule has 100 valence electrons. The van der Waals surface area contributed by atoms with E-state index in [4.69, 9.17) is 5.73 Å². The van der Waals surface area contributed by atoms with Gasteiger partial charge in [-0.15, -0.1) is 0 Å². The molecule has 5 heteroatoms. The number of nitrogens with two attached hydrogens (primary N) is 1. The molecule has 1 aromatic heterocycles. The number of nitrogens with one attached hydrogen (secondary N) is 2. The zero-order valence-corrected chi connectivity index (χ0v) is 12.8. The third kappa shape index (κ3) is 1.89. The highest BCUT2D eigenvalue weighted by molar-refractivity contribution is 9.10. The first-order valence-corrected chi connectivity index (χ1v) is 6.87. The molecule has 0 bridgehead atoms. The minimum Gasteiger partial charge on any atom is -0.356 e. The Kier molecular flexibility index (Phi) is 3.10. The molecule has 4 N–H and O–H groups in total. The van der Waals surface area contributed by atoms with Crippen molar-refractivity contribution in [3.8, 4) is 0 Å². The molecule has 0 aromatic carbocycles. The lowest BCUT2D eigenvalue weighted by atomic mass is 9.48. The Morgan fingerprint density at radius 3 is 2.39 bits per heavy atom. The molecule has 1 aromatic rings. The van der Waals surface area contributed by atoms with E-state index in [-0.39, 0.29) is 28.8 Å². The van der Waals surface area contributed by atoms with Crippen LogP contribution < -0.4 is 11.1 Å². The van der Waals surface area contributed by atoms with Crippen LogP contribution in [0.3, 0.4) is 0 Å². The van der Waals surface area contributed by atoms with E-state index in [9.17, 15) is 4.79 Å². The summed E-state index contributed by atoms with van der Waals surface area (Å²) < 4.78 is 0.872. The molecule has 0 aliphatic heterocycles. The molecule has 1 amide bonds. The Morgan fingerprint density at radius 2 is 1.94 bits per heavy atom. The molecule has 1 aliphatic carbocycles. The van der Waals surface area contributed by atoms with Gasteiger partial charge in [0.1, 0.15) is 5.69 Å². The number of carbonyl (C=O) groups excluding carboxylic acids is 1. The Labute approximate surface area is 116 Å². The van der Waals surface area contributed by atoms with Crippen LogP contribution in [0.4, 0.5) is 0 Å². The molecule has 1 saturated carbocycles. The highest BCUT2D eigenvalue weighted by Crippen LogP contribution is 2.52. The van der Waals surface area contributed by atoms with Gasteiger partial charge in [0.2, 0.25) is 0 Å². The Bertz CT molecular complexity index is 462. The number of rotatable bonds is 2. The number of aromatic nitrogens is 1. The summed E-state index contributed by atoms with van der Waals surface area (Å²) in [4.78, 5) is 15.1. The summed E-state index contributed by atoms with van der Waals surface area (Å²) in [6.07, 6.45) is 1.75. The van der Waals surface area contributed by atoms with E-state index in [0.29, 0.717) is 5.69 Å². The molecule has 1 fully saturated rings. The highest BCUT2D eigenvalue weighted by Gasteiger charge is 2.60. The SMILES string of the molecule is CC1(C)C(N)C(C)(C)C1NC(=O)c1cc(Br)c[nH]1. The van der Waals surface area contributed by atoms with Crippen LogP contribution in [0.5, 0.6) is 0 Å². The Balaban J connectivity index is 2.13. The number of aromatic amines is 1. The van der Waals surface area contributed by atoms with Crippen LogP contribution >= 0.6 is 15.9 Å². The van der Waals surface area contributed by atoms with E-state index in [1.807, 2.05) is 0 Å². The maximum atomic E-state index is 12.1. The van der Waals surface area contributed by atoms with Gasteiger partial charge in [0.15, 0.2) is 0 Å². The second kappa shape index (κ2) is 4.10. The number of halogens is 1.